The van der Waals surface area contributed by atoms with Crippen LogP contribution in [-0.2, 0) is 0 Å². The summed E-state index contributed by atoms with van der Waals surface area (Å²) in [6.45, 7) is 9.08. The molecular weight excluding hydrogens is 266 g/mol. The van der Waals surface area contributed by atoms with E-state index in [-0.39, 0.29) is 0 Å². The van der Waals surface area contributed by atoms with E-state index in [2.05, 4.69) is 43.0 Å². The van der Waals surface area contributed by atoms with E-state index in [1.807, 2.05) is 0 Å². The molecule has 4 heteroatoms. The Balaban J connectivity index is 1.94. The minimum Gasteiger partial charge on any atom is -0.366 e. The average Bonchev–Trinajstić information content (AvgIpc) is 2.72. The smallest absolute Gasteiger partial charge is 0.138 e. The van der Waals surface area contributed by atoms with Crippen LogP contribution < -0.4 is 5.32 Å². The summed E-state index contributed by atoms with van der Waals surface area (Å²) in [5.41, 5.74) is 1.32. The summed E-state index contributed by atoms with van der Waals surface area (Å²) in [6.07, 6.45) is 5.62. The molecule has 1 aliphatic carbocycles. The van der Waals surface area contributed by atoms with Crippen molar-refractivity contribution >= 4 is 27.4 Å². The molecule has 0 amide bonds. The lowest BCUT2D eigenvalue weighted by molar-refractivity contribution is 0.253. The van der Waals surface area contributed by atoms with Gasteiger partial charge in [0.1, 0.15) is 17.0 Å². The zero-order valence-corrected chi connectivity index (χ0v) is 13.5. The van der Waals surface area contributed by atoms with Gasteiger partial charge in [0.15, 0.2) is 0 Å². The van der Waals surface area contributed by atoms with Crippen LogP contribution in [0.3, 0.4) is 0 Å². The predicted molar refractivity (Wildman–Crippen MR) is 86.5 cm³/mol. The van der Waals surface area contributed by atoms with E-state index < -0.39 is 0 Å². The topological polar surface area (TPSA) is 37.8 Å². The van der Waals surface area contributed by atoms with Crippen molar-refractivity contribution in [3.8, 4) is 0 Å². The van der Waals surface area contributed by atoms with Crippen molar-refractivity contribution in [1.82, 2.24) is 9.97 Å². The van der Waals surface area contributed by atoms with Gasteiger partial charge in [-0.05, 0) is 37.7 Å². The van der Waals surface area contributed by atoms with Gasteiger partial charge in [0, 0.05) is 10.9 Å². The number of nitrogens with one attached hydrogen (secondary N) is 1. The number of aromatic nitrogens is 2. The second-order valence-corrected chi connectivity index (χ2v) is 7.41. The number of fused-ring (bicyclic) bond motifs is 1. The highest BCUT2D eigenvalue weighted by molar-refractivity contribution is 7.18. The highest BCUT2D eigenvalue weighted by Crippen LogP contribution is 2.36. The third-order valence-corrected chi connectivity index (χ3v) is 6.11. The van der Waals surface area contributed by atoms with Crippen molar-refractivity contribution < 1.29 is 0 Å². The molecule has 3 nitrogen and oxygen atoms in total. The van der Waals surface area contributed by atoms with Gasteiger partial charge in [0.05, 0.1) is 5.39 Å². The van der Waals surface area contributed by atoms with E-state index in [1.54, 1.807) is 17.7 Å². The maximum Gasteiger partial charge on any atom is 0.138 e. The summed E-state index contributed by atoms with van der Waals surface area (Å²) in [6, 6.07) is 0.538. The summed E-state index contributed by atoms with van der Waals surface area (Å²) >= 11 is 1.77. The van der Waals surface area contributed by atoms with Gasteiger partial charge in [0.25, 0.3) is 0 Å². The van der Waals surface area contributed by atoms with Crippen LogP contribution in [0.25, 0.3) is 10.2 Å². The Morgan fingerprint density at radius 3 is 2.80 bits per heavy atom. The van der Waals surface area contributed by atoms with E-state index in [1.165, 1.54) is 35.1 Å². The number of aryl methyl sites for hydroxylation is 2. The third kappa shape index (κ3) is 2.30. The molecule has 108 valence electrons. The first-order chi connectivity index (χ1) is 9.58. The van der Waals surface area contributed by atoms with Crippen LogP contribution in [0.4, 0.5) is 5.82 Å². The molecule has 20 heavy (non-hydrogen) atoms. The molecule has 2 aromatic heterocycles. The number of anilines is 1. The molecular formula is C16H23N3S. The fourth-order valence-corrected chi connectivity index (χ4v) is 4.25. The summed E-state index contributed by atoms with van der Waals surface area (Å²) in [7, 11) is 0. The van der Waals surface area contributed by atoms with E-state index in [4.69, 9.17) is 0 Å². The average molecular weight is 289 g/mol. The number of nitrogens with zero attached hydrogens (tertiary/aromatic N) is 2. The molecule has 2 aromatic rings. The van der Waals surface area contributed by atoms with Gasteiger partial charge >= 0.3 is 0 Å². The van der Waals surface area contributed by atoms with Crippen LogP contribution in [-0.4, -0.2) is 16.0 Å². The molecule has 3 atom stereocenters. The zero-order valence-electron chi connectivity index (χ0n) is 12.7. The molecule has 3 rings (SSSR count). The minimum absolute atomic E-state index is 0.538. The summed E-state index contributed by atoms with van der Waals surface area (Å²) in [5.74, 6) is 2.53. The number of hydrogen-bond acceptors (Lipinski definition) is 4. The molecule has 0 saturated heterocycles. The minimum atomic E-state index is 0.538. The van der Waals surface area contributed by atoms with Gasteiger partial charge < -0.3 is 5.32 Å². The van der Waals surface area contributed by atoms with Crippen molar-refractivity contribution in [2.75, 3.05) is 5.32 Å². The van der Waals surface area contributed by atoms with Crippen LogP contribution in [0.1, 0.15) is 43.6 Å². The molecule has 1 N–H and O–H groups in total. The van der Waals surface area contributed by atoms with Gasteiger partial charge in [-0.25, -0.2) is 9.97 Å². The van der Waals surface area contributed by atoms with Crippen molar-refractivity contribution in [1.29, 1.82) is 0 Å². The standard InChI is InChI=1S/C16H23N3S/c1-9-6-5-7-13(10(9)2)19-15-14-11(3)12(4)20-16(14)18-8-17-15/h8-10,13H,5-7H2,1-4H3,(H,17,18,19). The van der Waals surface area contributed by atoms with Crippen LogP contribution in [0.5, 0.6) is 0 Å². The number of thiophene rings is 1. The SMILES string of the molecule is Cc1sc2ncnc(NC3CCCC(C)C3C)c2c1C. The molecule has 3 unspecified atom stereocenters. The van der Waals surface area contributed by atoms with Crippen LogP contribution in [0.2, 0.25) is 0 Å². The molecule has 0 spiro atoms. The van der Waals surface area contributed by atoms with Gasteiger partial charge in [-0.3, -0.25) is 0 Å². The summed E-state index contributed by atoms with van der Waals surface area (Å²) in [4.78, 5) is 11.4. The Kier molecular flexibility index (Phi) is 3.67. The largest absolute Gasteiger partial charge is 0.366 e. The molecule has 0 aromatic carbocycles. The van der Waals surface area contributed by atoms with E-state index in [9.17, 15) is 0 Å². The van der Waals surface area contributed by atoms with Gasteiger partial charge in [-0.15, -0.1) is 11.3 Å². The van der Waals surface area contributed by atoms with Gasteiger partial charge in [-0.1, -0.05) is 26.7 Å². The van der Waals surface area contributed by atoms with Crippen LogP contribution >= 0.6 is 11.3 Å². The Bertz CT molecular complexity index is 619. The second-order valence-electron chi connectivity index (χ2n) is 6.20. The van der Waals surface area contributed by atoms with E-state index in [0.29, 0.717) is 12.0 Å². The lowest BCUT2D eigenvalue weighted by Crippen LogP contribution is -2.35. The van der Waals surface area contributed by atoms with Crippen molar-refractivity contribution in [3.63, 3.8) is 0 Å². The molecule has 0 bridgehead atoms. The first-order valence-electron chi connectivity index (χ1n) is 7.55. The third-order valence-electron chi connectivity index (χ3n) is 4.99. The van der Waals surface area contributed by atoms with Crippen LogP contribution in [0, 0.1) is 25.7 Å². The fraction of sp³-hybridized carbons (Fsp3) is 0.625. The van der Waals surface area contributed by atoms with E-state index >= 15 is 0 Å². The lowest BCUT2D eigenvalue weighted by atomic mass is 9.78. The number of rotatable bonds is 2. The zero-order chi connectivity index (χ0) is 14.3. The lowest BCUT2D eigenvalue weighted by Gasteiger charge is -2.35. The first kappa shape index (κ1) is 13.8. The van der Waals surface area contributed by atoms with E-state index in [0.717, 1.165) is 16.6 Å². The molecule has 1 saturated carbocycles. The molecule has 0 aliphatic heterocycles. The Labute approximate surface area is 124 Å². The van der Waals surface area contributed by atoms with Crippen molar-refractivity contribution in [2.45, 2.75) is 53.0 Å². The Morgan fingerprint density at radius 2 is 2.00 bits per heavy atom. The summed E-state index contributed by atoms with van der Waals surface area (Å²) < 4.78 is 0. The van der Waals surface area contributed by atoms with Gasteiger partial charge in [0.2, 0.25) is 0 Å². The quantitative estimate of drug-likeness (QED) is 0.881. The summed E-state index contributed by atoms with van der Waals surface area (Å²) in [5, 5.41) is 4.94. The second kappa shape index (κ2) is 5.32. The highest BCUT2D eigenvalue weighted by atomic mass is 32.1. The molecule has 1 fully saturated rings. The van der Waals surface area contributed by atoms with Crippen LogP contribution in [0.15, 0.2) is 6.33 Å². The normalized spacial score (nSPS) is 26.9. The van der Waals surface area contributed by atoms with Crippen molar-refractivity contribution in [2.24, 2.45) is 11.8 Å². The monoisotopic (exact) mass is 289 g/mol. The Morgan fingerprint density at radius 1 is 1.20 bits per heavy atom. The Hall–Kier alpha value is -1.16. The highest BCUT2D eigenvalue weighted by Gasteiger charge is 2.27. The first-order valence-corrected chi connectivity index (χ1v) is 8.36. The van der Waals surface area contributed by atoms with Gasteiger partial charge in [-0.2, -0.15) is 0 Å². The molecule has 0 radical (unpaired) electrons. The maximum atomic E-state index is 4.52. The number of hydrogen-bond donors (Lipinski definition) is 1. The molecule has 1 aliphatic rings. The maximum absolute atomic E-state index is 4.52. The predicted octanol–water partition coefficient (Wildman–Crippen LogP) is 4.54. The van der Waals surface area contributed by atoms with Crippen molar-refractivity contribution in [3.05, 3.63) is 16.8 Å². The molecule has 2 heterocycles. The fourth-order valence-electron chi connectivity index (χ4n) is 3.25.